The monoisotopic (exact) mass is 794 g/mol. The van der Waals surface area contributed by atoms with Gasteiger partial charge in [0.15, 0.2) is 0 Å². The number of nitrogens with zero attached hydrogens (tertiary/aromatic N) is 6. The Kier molecular flexibility index (Phi) is 12.0. The Morgan fingerprint density at radius 2 is 1.09 bits per heavy atom. The third-order valence-corrected chi connectivity index (χ3v) is 12.0. The van der Waals surface area contributed by atoms with Gasteiger partial charge in [-0.05, 0) is 59.3 Å². The first-order valence-electron chi connectivity index (χ1n) is 16.6. The molecule has 0 aliphatic heterocycles. The molecule has 16 heteroatoms. The molecular weight excluding hydrogens is 761 g/mol. The molecule has 0 saturated heterocycles. The fraction of sp³-hybridized carbons (Fsp3) is 0.158. The molecule has 7 aromatic rings. The van der Waals surface area contributed by atoms with Crippen molar-refractivity contribution in [3.8, 4) is 11.5 Å². The van der Waals surface area contributed by atoms with Crippen LogP contribution < -0.4 is 20.1 Å². The zero-order valence-corrected chi connectivity index (χ0v) is 32.4. The molecule has 2 amide bonds. The Morgan fingerprint density at radius 1 is 0.648 bits per heavy atom. The minimum absolute atomic E-state index is 0.128. The number of nitrogens with one attached hydrogen (secondary N) is 2. The number of hydrogen-bond donors (Lipinski definition) is 2. The first-order valence-corrected chi connectivity index (χ1v) is 20.3. The molecule has 0 atom stereocenters. The summed E-state index contributed by atoms with van der Waals surface area (Å²) in [6, 6.07) is 26.7. The maximum atomic E-state index is 12.6. The number of hydrogen-bond acceptors (Lipinski definition) is 12. The van der Waals surface area contributed by atoms with Crippen LogP contribution in [0.15, 0.2) is 118 Å². The number of methoxy groups -OCH3 is 2. The molecule has 4 aromatic heterocycles. The van der Waals surface area contributed by atoms with E-state index in [9.17, 15) is 9.59 Å². The van der Waals surface area contributed by atoms with Crippen LogP contribution in [-0.4, -0.2) is 56.0 Å². The second-order valence-electron chi connectivity index (χ2n) is 11.7. The number of amides is 2. The predicted octanol–water partition coefficient (Wildman–Crippen LogP) is 8.20. The van der Waals surface area contributed by atoms with Gasteiger partial charge in [0, 0.05) is 44.8 Å². The van der Waals surface area contributed by atoms with Crippen LogP contribution in [-0.2, 0) is 24.6 Å². The minimum atomic E-state index is -0.128. The summed E-state index contributed by atoms with van der Waals surface area (Å²) in [5.41, 5.74) is 4.87. The van der Waals surface area contributed by atoms with Crippen molar-refractivity contribution in [1.29, 1.82) is 0 Å². The van der Waals surface area contributed by atoms with Crippen LogP contribution in [0.4, 0.5) is 11.4 Å². The molecule has 0 spiro atoms. The van der Waals surface area contributed by atoms with Crippen molar-refractivity contribution in [2.24, 2.45) is 0 Å². The molecule has 12 nitrogen and oxygen atoms in total. The maximum Gasteiger partial charge on any atom is 0.265 e. The number of rotatable bonds is 16. The topological polar surface area (TPSA) is 138 Å². The molecule has 7 rings (SSSR count). The van der Waals surface area contributed by atoms with E-state index < -0.39 is 0 Å². The molecule has 0 fully saturated rings. The summed E-state index contributed by atoms with van der Waals surface area (Å²) < 4.78 is 15.1. The van der Waals surface area contributed by atoms with E-state index in [-0.39, 0.29) is 11.8 Å². The zero-order chi connectivity index (χ0) is 37.3. The molecule has 0 aliphatic carbocycles. The Hall–Kier alpha value is -5.42. The Balaban J connectivity index is 0.968. The average Bonchev–Trinajstić information content (AvgIpc) is 4.04. The molecule has 274 valence electrons. The number of thioether (sulfide) groups is 2. The Bertz CT molecular complexity index is 2180. The first-order chi connectivity index (χ1) is 26.4. The van der Waals surface area contributed by atoms with Gasteiger partial charge in [-0.25, -0.2) is 9.36 Å². The molecule has 0 aliphatic rings. The van der Waals surface area contributed by atoms with Crippen molar-refractivity contribution in [3.63, 3.8) is 0 Å². The van der Waals surface area contributed by atoms with Crippen LogP contribution in [0, 0.1) is 0 Å². The molecule has 54 heavy (non-hydrogen) atoms. The molecule has 0 radical (unpaired) electrons. The fourth-order valence-corrected chi connectivity index (χ4v) is 8.47. The lowest BCUT2D eigenvalue weighted by molar-refractivity contribution is 0.102. The number of para-hydroxylation sites is 2. The summed E-state index contributed by atoms with van der Waals surface area (Å²) in [5, 5.41) is 27.3. The summed E-state index contributed by atoms with van der Waals surface area (Å²) in [6.45, 7) is 0.843. The summed E-state index contributed by atoms with van der Waals surface area (Å²) >= 11 is 5.97. The van der Waals surface area contributed by atoms with Gasteiger partial charge in [0.05, 0.1) is 59.8 Å². The molecule has 0 saturated carbocycles. The largest absolute Gasteiger partial charge is 0.496 e. The van der Waals surface area contributed by atoms with Gasteiger partial charge in [0.1, 0.15) is 11.5 Å². The number of benzene rings is 3. The van der Waals surface area contributed by atoms with Crippen molar-refractivity contribution in [1.82, 2.24) is 30.0 Å². The van der Waals surface area contributed by atoms with E-state index in [0.717, 1.165) is 43.7 Å². The number of carbonyl (C=O) groups is 2. The molecule has 4 heterocycles. The smallest absolute Gasteiger partial charge is 0.265 e. The van der Waals surface area contributed by atoms with Gasteiger partial charge < -0.3 is 20.1 Å². The highest BCUT2D eigenvalue weighted by atomic mass is 32.2. The van der Waals surface area contributed by atoms with Crippen molar-refractivity contribution in [3.05, 3.63) is 140 Å². The molecule has 0 unspecified atom stereocenters. The summed E-state index contributed by atoms with van der Waals surface area (Å²) in [4.78, 5) is 28.5. The summed E-state index contributed by atoms with van der Waals surface area (Å²) in [7, 11) is 3.28. The van der Waals surface area contributed by atoms with Crippen molar-refractivity contribution in [2.45, 2.75) is 34.4 Å². The van der Waals surface area contributed by atoms with Crippen LogP contribution in [0.1, 0.15) is 41.9 Å². The predicted molar refractivity (Wildman–Crippen MR) is 214 cm³/mol. The van der Waals surface area contributed by atoms with E-state index in [1.54, 1.807) is 59.2 Å². The highest BCUT2D eigenvalue weighted by Crippen LogP contribution is 2.33. The second-order valence-corrected chi connectivity index (χ2v) is 15.7. The number of ether oxygens (including phenoxy) is 2. The van der Waals surface area contributed by atoms with E-state index in [1.807, 2.05) is 96.0 Å². The van der Waals surface area contributed by atoms with E-state index >= 15 is 0 Å². The molecular formula is C38H34N8O4S4. The number of carbonyl (C=O) groups excluding carboxylic acids is 2. The Morgan fingerprint density at radius 3 is 1.50 bits per heavy atom. The normalized spacial score (nSPS) is 11.0. The standard InChI is InChI=1S/C38H34N8O4S4/c1-49-31-17-26(20-46-22-28(42-44-46)24-54-34-12-6-4-10-30(34)40-38(48)36-14-8-16-52-36)32(50-2)18-25(31)19-45-21-27(41-43-45)23-53-33-11-5-3-9-29(33)39-37(47)35-13-7-15-51-35/h3-18,21-22H,19-20,23-24H2,1-2H3,(H,39,47)(H,40,48). The van der Waals surface area contributed by atoms with E-state index in [4.69, 9.17) is 9.47 Å². The number of aromatic nitrogens is 6. The quantitative estimate of drug-likeness (QED) is 0.0922. The lowest BCUT2D eigenvalue weighted by Crippen LogP contribution is -2.10. The molecule has 2 N–H and O–H groups in total. The molecule has 0 bridgehead atoms. The second kappa shape index (κ2) is 17.6. The maximum absolute atomic E-state index is 12.6. The summed E-state index contributed by atoms with van der Waals surface area (Å²) in [5.74, 6) is 2.26. The zero-order valence-electron chi connectivity index (χ0n) is 29.2. The minimum Gasteiger partial charge on any atom is -0.496 e. The van der Waals surface area contributed by atoms with Crippen LogP contribution in [0.25, 0.3) is 0 Å². The Labute approximate surface area is 327 Å². The number of anilines is 2. The summed E-state index contributed by atoms with van der Waals surface area (Å²) in [6.07, 6.45) is 3.81. The molecule has 3 aromatic carbocycles. The fourth-order valence-electron chi connectivity index (χ4n) is 5.46. The van der Waals surface area contributed by atoms with Gasteiger partial charge in [-0.15, -0.1) is 56.4 Å². The van der Waals surface area contributed by atoms with Gasteiger partial charge in [-0.3, -0.25) is 9.59 Å². The highest BCUT2D eigenvalue weighted by molar-refractivity contribution is 7.99. The number of thiophene rings is 2. The van der Waals surface area contributed by atoms with Crippen molar-refractivity contribution in [2.75, 3.05) is 24.9 Å². The van der Waals surface area contributed by atoms with E-state index in [1.165, 1.54) is 22.7 Å². The van der Waals surface area contributed by atoms with Gasteiger partial charge in [0.25, 0.3) is 11.8 Å². The van der Waals surface area contributed by atoms with Gasteiger partial charge in [-0.1, -0.05) is 46.8 Å². The van der Waals surface area contributed by atoms with Crippen molar-refractivity contribution < 1.29 is 19.1 Å². The van der Waals surface area contributed by atoms with Gasteiger partial charge in [0.2, 0.25) is 0 Å². The lowest BCUT2D eigenvalue weighted by Gasteiger charge is -2.15. The van der Waals surface area contributed by atoms with Crippen LogP contribution >= 0.6 is 46.2 Å². The van der Waals surface area contributed by atoms with Crippen LogP contribution in [0.3, 0.4) is 0 Å². The van der Waals surface area contributed by atoms with Crippen LogP contribution in [0.2, 0.25) is 0 Å². The third-order valence-electron chi connectivity index (χ3n) is 8.03. The van der Waals surface area contributed by atoms with E-state index in [2.05, 4.69) is 31.3 Å². The van der Waals surface area contributed by atoms with E-state index in [0.29, 0.717) is 45.8 Å². The average molecular weight is 795 g/mol. The van der Waals surface area contributed by atoms with Gasteiger partial charge >= 0.3 is 0 Å². The van der Waals surface area contributed by atoms with Crippen molar-refractivity contribution >= 4 is 69.4 Å². The SMILES string of the molecule is COc1cc(Cn2cc(CSc3ccccc3NC(=O)c3cccs3)nn2)c(OC)cc1Cn1cc(CSc2ccccc2NC(=O)c2cccs2)nn1. The lowest BCUT2D eigenvalue weighted by atomic mass is 10.1. The first kappa shape index (κ1) is 36.9. The van der Waals surface area contributed by atoms with Gasteiger partial charge in [-0.2, -0.15) is 0 Å². The highest BCUT2D eigenvalue weighted by Gasteiger charge is 2.16. The van der Waals surface area contributed by atoms with Crippen LogP contribution in [0.5, 0.6) is 11.5 Å². The third kappa shape index (κ3) is 9.20.